The molecular weight excluding hydrogens is 230 g/mol. The van der Waals surface area contributed by atoms with Gasteiger partial charge in [0.15, 0.2) is 0 Å². The molecule has 1 saturated carbocycles. The quantitative estimate of drug-likeness (QED) is 0.834. The smallest absolute Gasteiger partial charge is 0.0406 e. The number of hydrogen-bond donors (Lipinski definition) is 1. The van der Waals surface area contributed by atoms with E-state index in [1.807, 2.05) is 12.1 Å². The fourth-order valence-electron chi connectivity index (χ4n) is 2.80. The van der Waals surface area contributed by atoms with E-state index in [9.17, 15) is 0 Å². The number of benzene rings is 1. The topological polar surface area (TPSA) is 12.0 Å². The first kappa shape index (κ1) is 12.9. The Morgan fingerprint density at radius 1 is 1.35 bits per heavy atom. The minimum Gasteiger partial charge on any atom is -0.314 e. The van der Waals surface area contributed by atoms with E-state index >= 15 is 0 Å². The molecule has 0 amide bonds. The average molecular weight is 252 g/mol. The van der Waals surface area contributed by atoms with Crippen molar-refractivity contribution in [3.05, 3.63) is 34.9 Å². The summed E-state index contributed by atoms with van der Waals surface area (Å²) in [5.74, 6) is 0.788. The molecule has 0 spiro atoms. The Bertz CT molecular complexity index is 371. The van der Waals surface area contributed by atoms with Crippen LogP contribution in [0.25, 0.3) is 0 Å². The van der Waals surface area contributed by atoms with E-state index in [0.29, 0.717) is 11.5 Å². The third kappa shape index (κ3) is 2.66. The van der Waals surface area contributed by atoms with Crippen molar-refractivity contribution in [3.63, 3.8) is 0 Å². The molecule has 94 valence electrons. The Hall–Kier alpha value is -0.530. The van der Waals surface area contributed by atoms with Gasteiger partial charge in [-0.1, -0.05) is 44.5 Å². The Morgan fingerprint density at radius 3 is 2.53 bits per heavy atom. The monoisotopic (exact) mass is 251 g/mol. The van der Waals surface area contributed by atoms with Crippen LogP contribution in [0.15, 0.2) is 24.3 Å². The SMILES string of the molecule is CCC1(c2ccc(Cl)cc2)CC1CNC(C)C. The predicted molar refractivity (Wildman–Crippen MR) is 74.7 cm³/mol. The van der Waals surface area contributed by atoms with Crippen molar-refractivity contribution in [3.8, 4) is 0 Å². The summed E-state index contributed by atoms with van der Waals surface area (Å²) in [7, 11) is 0. The molecule has 1 N–H and O–H groups in total. The number of halogens is 1. The maximum atomic E-state index is 5.95. The molecule has 1 aromatic carbocycles. The largest absolute Gasteiger partial charge is 0.314 e. The van der Waals surface area contributed by atoms with Gasteiger partial charge in [0, 0.05) is 11.1 Å². The third-order valence-electron chi connectivity index (χ3n) is 4.05. The van der Waals surface area contributed by atoms with Gasteiger partial charge in [-0.05, 0) is 48.4 Å². The molecule has 1 nitrogen and oxygen atoms in total. The van der Waals surface area contributed by atoms with Crippen molar-refractivity contribution < 1.29 is 0 Å². The van der Waals surface area contributed by atoms with Crippen LogP contribution in [0.1, 0.15) is 39.2 Å². The van der Waals surface area contributed by atoms with Crippen molar-refractivity contribution in [2.24, 2.45) is 5.92 Å². The van der Waals surface area contributed by atoms with E-state index in [2.05, 4.69) is 38.2 Å². The van der Waals surface area contributed by atoms with Crippen molar-refractivity contribution in [1.29, 1.82) is 0 Å². The summed E-state index contributed by atoms with van der Waals surface area (Å²) in [5.41, 5.74) is 1.87. The van der Waals surface area contributed by atoms with Gasteiger partial charge in [0.2, 0.25) is 0 Å². The highest BCUT2D eigenvalue weighted by molar-refractivity contribution is 6.30. The van der Waals surface area contributed by atoms with E-state index in [1.165, 1.54) is 18.4 Å². The summed E-state index contributed by atoms with van der Waals surface area (Å²) in [6.07, 6.45) is 2.53. The van der Waals surface area contributed by atoms with Gasteiger partial charge in [-0.15, -0.1) is 0 Å². The molecule has 0 heterocycles. The van der Waals surface area contributed by atoms with Crippen molar-refractivity contribution >= 4 is 11.6 Å². The summed E-state index contributed by atoms with van der Waals surface area (Å²) in [5, 5.41) is 4.38. The highest BCUT2D eigenvalue weighted by Crippen LogP contribution is 2.56. The average Bonchev–Trinajstić information content (AvgIpc) is 3.02. The maximum Gasteiger partial charge on any atom is 0.0406 e. The van der Waals surface area contributed by atoms with Crippen LogP contribution in [-0.4, -0.2) is 12.6 Å². The molecule has 2 atom stereocenters. The molecule has 0 aliphatic heterocycles. The second-order valence-electron chi connectivity index (χ2n) is 5.48. The van der Waals surface area contributed by atoms with Crippen molar-refractivity contribution in [2.45, 2.75) is 45.1 Å². The van der Waals surface area contributed by atoms with Gasteiger partial charge in [0.25, 0.3) is 0 Å². The molecule has 2 heteroatoms. The summed E-state index contributed by atoms with van der Waals surface area (Å²) in [6.45, 7) is 7.84. The molecule has 1 aliphatic rings. The van der Waals surface area contributed by atoms with Gasteiger partial charge in [-0.3, -0.25) is 0 Å². The Kier molecular flexibility index (Phi) is 3.79. The minimum absolute atomic E-state index is 0.409. The highest BCUT2D eigenvalue weighted by atomic mass is 35.5. The lowest BCUT2D eigenvalue weighted by molar-refractivity contribution is 0.506. The number of nitrogens with one attached hydrogen (secondary N) is 1. The second kappa shape index (κ2) is 4.99. The zero-order valence-electron chi connectivity index (χ0n) is 11.0. The van der Waals surface area contributed by atoms with Gasteiger partial charge in [-0.25, -0.2) is 0 Å². The Morgan fingerprint density at radius 2 is 2.00 bits per heavy atom. The molecule has 1 fully saturated rings. The van der Waals surface area contributed by atoms with Crippen molar-refractivity contribution in [2.75, 3.05) is 6.54 Å². The van der Waals surface area contributed by atoms with Crippen LogP contribution >= 0.6 is 11.6 Å². The van der Waals surface area contributed by atoms with Gasteiger partial charge in [-0.2, -0.15) is 0 Å². The molecule has 0 aromatic heterocycles. The van der Waals surface area contributed by atoms with Crippen LogP contribution in [0.2, 0.25) is 5.02 Å². The zero-order chi connectivity index (χ0) is 12.5. The van der Waals surface area contributed by atoms with Crippen LogP contribution in [0.5, 0.6) is 0 Å². The number of rotatable bonds is 5. The van der Waals surface area contributed by atoms with Gasteiger partial charge in [0.05, 0.1) is 0 Å². The summed E-state index contributed by atoms with van der Waals surface area (Å²) < 4.78 is 0. The maximum absolute atomic E-state index is 5.95. The highest BCUT2D eigenvalue weighted by Gasteiger charge is 2.52. The van der Waals surface area contributed by atoms with Crippen LogP contribution < -0.4 is 5.32 Å². The zero-order valence-corrected chi connectivity index (χ0v) is 11.7. The second-order valence-corrected chi connectivity index (χ2v) is 5.92. The molecule has 2 rings (SSSR count). The third-order valence-corrected chi connectivity index (χ3v) is 4.31. The minimum atomic E-state index is 0.409. The fourth-order valence-corrected chi connectivity index (χ4v) is 2.92. The molecule has 0 bridgehead atoms. The van der Waals surface area contributed by atoms with Crippen LogP contribution in [0.3, 0.4) is 0 Å². The van der Waals surface area contributed by atoms with E-state index in [4.69, 9.17) is 11.6 Å². The standard InChI is InChI=1S/C15H22ClN/c1-4-15(9-13(15)10-17-11(2)3)12-5-7-14(16)8-6-12/h5-8,11,13,17H,4,9-10H2,1-3H3. The van der Waals surface area contributed by atoms with E-state index < -0.39 is 0 Å². The van der Waals surface area contributed by atoms with Crippen LogP contribution in [-0.2, 0) is 5.41 Å². The van der Waals surface area contributed by atoms with Crippen LogP contribution in [0.4, 0.5) is 0 Å². The molecule has 0 radical (unpaired) electrons. The normalized spacial score (nSPS) is 27.5. The fraction of sp³-hybridized carbons (Fsp3) is 0.600. The lowest BCUT2D eigenvalue weighted by Crippen LogP contribution is -2.27. The lowest BCUT2D eigenvalue weighted by atomic mass is 9.90. The van der Waals surface area contributed by atoms with Gasteiger partial charge < -0.3 is 5.32 Å². The molecule has 2 unspecified atom stereocenters. The summed E-state index contributed by atoms with van der Waals surface area (Å²) in [4.78, 5) is 0. The van der Waals surface area contributed by atoms with E-state index in [1.54, 1.807) is 0 Å². The molecule has 0 saturated heterocycles. The van der Waals surface area contributed by atoms with E-state index in [0.717, 1.165) is 17.5 Å². The summed E-state index contributed by atoms with van der Waals surface area (Å²) >= 11 is 5.95. The summed E-state index contributed by atoms with van der Waals surface area (Å²) in [6, 6.07) is 9.00. The lowest BCUT2D eigenvalue weighted by Gasteiger charge is -2.17. The van der Waals surface area contributed by atoms with Gasteiger partial charge >= 0.3 is 0 Å². The predicted octanol–water partition coefficient (Wildman–Crippen LogP) is 4.01. The van der Waals surface area contributed by atoms with Gasteiger partial charge in [0.1, 0.15) is 0 Å². The first-order chi connectivity index (χ1) is 8.08. The Balaban J connectivity index is 2.05. The molecule has 17 heavy (non-hydrogen) atoms. The molecular formula is C15H22ClN. The molecule has 1 aliphatic carbocycles. The Labute approximate surface area is 110 Å². The van der Waals surface area contributed by atoms with Crippen molar-refractivity contribution in [1.82, 2.24) is 5.32 Å². The van der Waals surface area contributed by atoms with Crippen LogP contribution in [0, 0.1) is 5.92 Å². The number of hydrogen-bond acceptors (Lipinski definition) is 1. The molecule has 1 aromatic rings. The first-order valence-electron chi connectivity index (χ1n) is 6.58. The first-order valence-corrected chi connectivity index (χ1v) is 6.95. The van der Waals surface area contributed by atoms with E-state index in [-0.39, 0.29) is 0 Å².